The minimum atomic E-state index is 0.165. The second-order valence-electron chi connectivity index (χ2n) is 9.10. The van der Waals surface area contributed by atoms with Crippen LogP contribution in [0.3, 0.4) is 0 Å². The first-order valence-electron chi connectivity index (χ1n) is 11.6. The number of fused-ring (bicyclic) bond motifs is 11. The van der Waals surface area contributed by atoms with E-state index in [9.17, 15) is 0 Å². The molecular weight excluding hydrogens is 529 g/mol. The quantitative estimate of drug-likeness (QED) is 0.183. The van der Waals surface area contributed by atoms with Gasteiger partial charge in [0.2, 0.25) is 11.4 Å². The van der Waals surface area contributed by atoms with E-state index in [1.54, 1.807) is 0 Å². The highest BCUT2D eigenvalue weighted by Gasteiger charge is 2.52. The van der Waals surface area contributed by atoms with Crippen LogP contribution in [0.2, 0.25) is 0 Å². The van der Waals surface area contributed by atoms with E-state index in [1.807, 2.05) is 12.4 Å². The fraction of sp³-hybridized carbons (Fsp3) is 0.100. The van der Waals surface area contributed by atoms with Crippen molar-refractivity contribution < 1.29 is 9.13 Å². The Morgan fingerprint density at radius 1 is 0.706 bits per heavy atom. The van der Waals surface area contributed by atoms with Crippen molar-refractivity contribution in [1.82, 2.24) is 4.98 Å². The number of hydrogen-bond donors (Lipinski definition) is 0. The van der Waals surface area contributed by atoms with E-state index in [1.165, 1.54) is 53.9 Å². The maximum atomic E-state index is 4.24. The Kier molecular flexibility index (Phi) is 4.46. The summed E-state index contributed by atoms with van der Waals surface area (Å²) in [5.41, 5.74) is 11.7. The van der Waals surface area contributed by atoms with E-state index in [4.69, 9.17) is 0 Å². The fourth-order valence-corrected chi connectivity index (χ4v) is 6.33. The SMILES string of the molecule is Cc1cc2[n+](cc1-c1ccncc1)C1c3ccccc3-c3cccc[n+]3C1c1cc(I)ccc1-2. The van der Waals surface area contributed by atoms with Crippen LogP contribution < -0.4 is 9.13 Å². The molecule has 162 valence electrons. The number of aromatic nitrogens is 3. The van der Waals surface area contributed by atoms with Gasteiger partial charge in [-0.2, -0.15) is 9.13 Å². The highest BCUT2D eigenvalue weighted by molar-refractivity contribution is 14.1. The van der Waals surface area contributed by atoms with Gasteiger partial charge in [-0.25, -0.2) is 0 Å². The van der Waals surface area contributed by atoms with Crippen LogP contribution in [0.25, 0.3) is 33.6 Å². The molecule has 0 amide bonds. The Morgan fingerprint density at radius 3 is 2.35 bits per heavy atom. The third-order valence-electron chi connectivity index (χ3n) is 7.27. The second kappa shape index (κ2) is 7.57. The number of nitrogens with zero attached hydrogens (tertiary/aromatic N) is 3. The van der Waals surface area contributed by atoms with E-state index < -0.39 is 0 Å². The van der Waals surface area contributed by atoms with Crippen LogP contribution in [0.1, 0.15) is 28.8 Å². The molecule has 5 aromatic rings. The lowest BCUT2D eigenvalue weighted by atomic mass is 9.79. The largest absolute Gasteiger partial charge is 0.265 e. The minimum Gasteiger partial charge on any atom is -0.265 e. The maximum absolute atomic E-state index is 4.24. The molecule has 3 nitrogen and oxygen atoms in total. The van der Waals surface area contributed by atoms with Crippen molar-refractivity contribution >= 4 is 22.6 Å². The third-order valence-corrected chi connectivity index (χ3v) is 7.94. The summed E-state index contributed by atoms with van der Waals surface area (Å²) in [6, 6.07) is 29.3. The average Bonchev–Trinajstić information content (AvgIpc) is 2.88. The fourth-order valence-electron chi connectivity index (χ4n) is 5.82. The molecule has 2 atom stereocenters. The molecular formula is C30H22IN3+2. The highest BCUT2D eigenvalue weighted by Crippen LogP contribution is 2.46. The van der Waals surface area contributed by atoms with Gasteiger partial charge in [-0.05, 0) is 83.1 Å². The molecule has 5 heterocycles. The lowest BCUT2D eigenvalue weighted by Crippen LogP contribution is -2.59. The van der Waals surface area contributed by atoms with Crippen LogP contribution in [-0.4, -0.2) is 4.98 Å². The number of pyridine rings is 3. The summed E-state index contributed by atoms with van der Waals surface area (Å²) in [7, 11) is 0. The predicted octanol–water partition coefficient (Wildman–Crippen LogP) is 6.08. The van der Waals surface area contributed by atoms with Gasteiger partial charge in [-0.3, -0.25) is 4.98 Å². The van der Waals surface area contributed by atoms with Gasteiger partial charge in [0.05, 0.1) is 11.1 Å². The lowest BCUT2D eigenvalue weighted by molar-refractivity contribution is -0.799. The second-order valence-corrected chi connectivity index (χ2v) is 10.3. The molecule has 0 saturated heterocycles. The Morgan fingerprint density at radius 2 is 1.47 bits per heavy atom. The van der Waals surface area contributed by atoms with Crippen LogP contribution in [0, 0.1) is 10.5 Å². The summed E-state index contributed by atoms with van der Waals surface area (Å²) in [4.78, 5) is 4.24. The van der Waals surface area contributed by atoms with Gasteiger partial charge in [-0.1, -0.05) is 18.2 Å². The van der Waals surface area contributed by atoms with E-state index in [-0.39, 0.29) is 12.1 Å². The van der Waals surface area contributed by atoms with E-state index in [0.717, 1.165) is 0 Å². The number of hydrogen-bond acceptors (Lipinski definition) is 1. The van der Waals surface area contributed by atoms with Gasteiger partial charge in [0.25, 0.3) is 12.1 Å². The predicted molar refractivity (Wildman–Crippen MR) is 141 cm³/mol. The minimum absolute atomic E-state index is 0.165. The van der Waals surface area contributed by atoms with Gasteiger partial charge in [0.1, 0.15) is 0 Å². The smallest absolute Gasteiger partial charge is 0.250 e. The molecule has 0 aliphatic carbocycles. The number of aryl methyl sites for hydroxylation is 1. The van der Waals surface area contributed by atoms with E-state index in [0.29, 0.717) is 0 Å². The summed E-state index contributed by atoms with van der Waals surface area (Å²) in [6.45, 7) is 2.22. The molecule has 2 unspecified atom stereocenters. The summed E-state index contributed by atoms with van der Waals surface area (Å²) >= 11 is 2.45. The lowest BCUT2D eigenvalue weighted by Gasteiger charge is -2.32. The zero-order valence-electron chi connectivity index (χ0n) is 18.7. The molecule has 0 radical (unpaired) electrons. The maximum Gasteiger partial charge on any atom is 0.250 e. The van der Waals surface area contributed by atoms with E-state index >= 15 is 0 Å². The third kappa shape index (κ3) is 2.84. The first-order valence-corrected chi connectivity index (χ1v) is 12.6. The molecule has 4 heteroatoms. The highest BCUT2D eigenvalue weighted by atomic mass is 127. The molecule has 0 bridgehead atoms. The topological polar surface area (TPSA) is 20.6 Å². The zero-order chi connectivity index (χ0) is 22.8. The summed E-state index contributed by atoms with van der Waals surface area (Å²) in [6.07, 6.45) is 8.36. The molecule has 2 aliphatic rings. The first-order chi connectivity index (χ1) is 16.7. The molecule has 2 aromatic carbocycles. The Bertz CT molecular complexity index is 1590. The summed E-state index contributed by atoms with van der Waals surface area (Å²) in [5, 5.41) is 0. The number of rotatable bonds is 1. The number of benzene rings is 2. The normalized spacial score (nSPS) is 17.1. The Labute approximate surface area is 212 Å². The van der Waals surface area contributed by atoms with Gasteiger partial charge in [0.15, 0.2) is 12.4 Å². The first kappa shape index (κ1) is 20.0. The number of halogens is 1. The summed E-state index contributed by atoms with van der Waals surface area (Å²) in [5.74, 6) is 0. The van der Waals surface area contributed by atoms with Crippen molar-refractivity contribution in [3.63, 3.8) is 0 Å². The molecule has 3 aromatic heterocycles. The van der Waals surface area contributed by atoms with Crippen LogP contribution in [0.5, 0.6) is 0 Å². The van der Waals surface area contributed by atoms with Gasteiger partial charge in [-0.15, -0.1) is 0 Å². The van der Waals surface area contributed by atoms with Crippen molar-refractivity contribution in [2.75, 3.05) is 0 Å². The summed E-state index contributed by atoms with van der Waals surface area (Å²) < 4.78 is 6.26. The molecule has 2 aliphatic heterocycles. The van der Waals surface area contributed by atoms with Crippen LogP contribution in [0.15, 0.2) is 104 Å². The molecule has 0 N–H and O–H groups in total. The van der Waals surface area contributed by atoms with Crippen LogP contribution in [0.4, 0.5) is 0 Å². The molecule has 34 heavy (non-hydrogen) atoms. The Hall–Kier alpha value is -3.38. The van der Waals surface area contributed by atoms with Gasteiger partial charge >= 0.3 is 0 Å². The zero-order valence-corrected chi connectivity index (χ0v) is 20.8. The molecule has 0 fully saturated rings. The van der Waals surface area contributed by atoms with Crippen molar-refractivity contribution in [2.45, 2.75) is 19.0 Å². The van der Waals surface area contributed by atoms with Crippen LogP contribution >= 0.6 is 22.6 Å². The van der Waals surface area contributed by atoms with Crippen molar-refractivity contribution in [3.05, 3.63) is 124 Å². The standard InChI is InChI=1S/C30H22IN3/c1-19-16-28-23-10-9-21(31)17-25(23)30-29(34(28)18-26(19)20-11-13-32-14-12-20)24-7-3-2-6-22(24)27-8-4-5-15-33(27)30/h2-18,29-30H,1H3/q+2. The van der Waals surface area contributed by atoms with E-state index in [2.05, 4.69) is 135 Å². The monoisotopic (exact) mass is 551 g/mol. The van der Waals surface area contributed by atoms with Crippen LogP contribution in [-0.2, 0) is 0 Å². The van der Waals surface area contributed by atoms with Gasteiger partial charge < -0.3 is 0 Å². The van der Waals surface area contributed by atoms with Crippen molar-refractivity contribution in [3.8, 4) is 33.6 Å². The average molecular weight is 551 g/mol. The van der Waals surface area contributed by atoms with Gasteiger partial charge in [0, 0.05) is 50.9 Å². The molecule has 7 rings (SSSR count). The Balaban J connectivity index is 1.60. The molecule has 0 spiro atoms. The molecule has 0 saturated carbocycles. The van der Waals surface area contributed by atoms with Crippen molar-refractivity contribution in [1.29, 1.82) is 0 Å². The van der Waals surface area contributed by atoms with Crippen molar-refractivity contribution in [2.24, 2.45) is 0 Å².